The van der Waals surface area contributed by atoms with Gasteiger partial charge in [-0.25, -0.2) is 19.6 Å². The number of benzene rings is 1. The Hall–Kier alpha value is -3.59. The fourth-order valence-corrected chi connectivity index (χ4v) is 3.49. The van der Waals surface area contributed by atoms with Gasteiger partial charge in [-0.2, -0.15) is 0 Å². The standard InChI is InChI=1S/C21H22N8O/c1-2-4-16(5-3-1)8-9-29-21-19(26-27-29)20(23-15-24-21)25-17-6-7-18(22-14-17)28-10-12-30-13-11-28/h1-7,14-15H,8-13H2,(H,23,24,25). The predicted molar refractivity (Wildman–Crippen MR) is 114 cm³/mol. The van der Waals surface area contributed by atoms with Crippen molar-refractivity contribution in [2.45, 2.75) is 13.0 Å². The van der Waals surface area contributed by atoms with E-state index in [-0.39, 0.29) is 0 Å². The number of aryl methyl sites for hydroxylation is 2. The SMILES string of the molecule is c1ccc(CCn2nnc3c(Nc4ccc(N5CCOCC5)nc4)ncnc32)cc1. The van der Waals surface area contributed by atoms with Crippen molar-refractivity contribution >= 4 is 28.5 Å². The molecule has 0 aliphatic carbocycles. The lowest BCUT2D eigenvalue weighted by atomic mass is 10.1. The van der Waals surface area contributed by atoms with E-state index in [9.17, 15) is 0 Å². The Bertz CT molecular complexity index is 1110. The number of morpholine rings is 1. The number of nitrogens with zero attached hydrogens (tertiary/aromatic N) is 7. The lowest BCUT2D eigenvalue weighted by Crippen LogP contribution is -2.36. The van der Waals surface area contributed by atoms with Crippen LogP contribution in [0, 0.1) is 0 Å². The van der Waals surface area contributed by atoms with Gasteiger partial charge in [-0.1, -0.05) is 35.5 Å². The molecule has 1 aliphatic heterocycles. The molecule has 0 radical (unpaired) electrons. The van der Waals surface area contributed by atoms with Gasteiger partial charge < -0.3 is 15.0 Å². The summed E-state index contributed by atoms with van der Waals surface area (Å²) < 4.78 is 7.21. The Morgan fingerprint density at radius 2 is 1.83 bits per heavy atom. The van der Waals surface area contributed by atoms with E-state index < -0.39 is 0 Å². The Kier molecular flexibility index (Phi) is 5.17. The third kappa shape index (κ3) is 3.92. The van der Waals surface area contributed by atoms with Gasteiger partial charge in [0.2, 0.25) is 0 Å². The van der Waals surface area contributed by atoms with Gasteiger partial charge in [0.25, 0.3) is 0 Å². The van der Waals surface area contributed by atoms with Crippen molar-refractivity contribution in [3.05, 3.63) is 60.6 Å². The number of ether oxygens (including phenoxy) is 1. The summed E-state index contributed by atoms with van der Waals surface area (Å²) in [6.45, 7) is 3.89. The highest BCUT2D eigenvalue weighted by molar-refractivity contribution is 5.84. The van der Waals surface area contributed by atoms with Crippen LogP contribution in [0.15, 0.2) is 55.0 Å². The predicted octanol–water partition coefficient (Wildman–Crippen LogP) is 2.44. The highest BCUT2D eigenvalue weighted by Crippen LogP contribution is 2.22. The molecule has 0 spiro atoms. The molecule has 1 aromatic carbocycles. The average Bonchev–Trinajstić information content (AvgIpc) is 3.24. The monoisotopic (exact) mass is 402 g/mol. The fourth-order valence-electron chi connectivity index (χ4n) is 3.49. The molecule has 152 valence electrons. The van der Waals surface area contributed by atoms with Crippen molar-refractivity contribution in [2.75, 3.05) is 36.5 Å². The van der Waals surface area contributed by atoms with Crippen LogP contribution in [0.5, 0.6) is 0 Å². The quantitative estimate of drug-likeness (QED) is 0.526. The summed E-state index contributed by atoms with van der Waals surface area (Å²) in [5.41, 5.74) is 3.44. The van der Waals surface area contributed by atoms with E-state index in [1.807, 2.05) is 35.0 Å². The first-order valence-electron chi connectivity index (χ1n) is 10.0. The van der Waals surface area contributed by atoms with E-state index in [1.165, 1.54) is 11.9 Å². The van der Waals surface area contributed by atoms with E-state index in [2.05, 4.69) is 47.6 Å². The van der Waals surface area contributed by atoms with Crippen molar-refractivity contribution < 1.29 is 4.74 Å². The summed E-state index contributed by atoms with van der Waals surface area (Å²) in [5.74, 6) is 1.57. The van der Waals surface area contributed by atoms with Crippen LogP contribution in [0.4, 0.5) is 17.3 Å². The Morgan fingerprint density at radius 1 is 0.967 bits per heavy atom. The first-order valence-corrected chi connectivity index (χ1v) is 10.0. The molecule has 0 amide bonds. The number of rotatable bonds is 6. The lowest BCUT2D eigenvalue weighted by molar-refractivity contribution is 0.122. The smallest absolute Gasteiger partial charge is 0.183 e. The van der Waals surface area contributed by atoms with E-state index in [0.717, 1.165) is 44.2 Å². The van der Waals surface area contributed by atoms with Gasteiger partial charge in [0, 0.05) is 19.6 Å². The maximum absolute atomic E-state index is 5.40. The van der Waals surface area contributed by atoms with Gasteiger partial charge >= 0.3 is 0 Å². The fraction of sp³-hybridized carbons (Fsp3) is 0.286. The average molecular weight is 402 g/mol. The van der Waals surface area contributed by atoms with Crippen molar-refractivity contribution in [2.24, 2.45) is 0 Å². The molecule has 9 nitrogen and oxygen atoms in total. The maximum Gasteiger partial charge on any atom is 0.183 e. The highest BCUT2D eigenvalue weighted by Gasteiger charge is 2.14. The molecule has 0 bridgehead atoms. The molecule has 1 N–H and O–H groups in total. The minimum atomic E-state index is 0.617. The molecule has 5 rings (SSSR count). The van der Waals surface area contributed by atoms with Crippen LogP contribution in [0.3, 0.4) is 0 Å². The van der Waals surface area contributed by atoms with Crippen molar-refractivity contribution in [3.8, 4) is 0 Å². The molecular weight excluding hydrogens is 380 g/mol. The van der Waals surface area contributed by atoms with Crippen molar-refractivity contribution in [1.82, 2.24) is 29.9 Å². The van der Waals surface area contributed by atoms with Gasteiger partial charge in [0.05, 0.1) is 25.1 Å². The van der Waals surface area contributed by atoms with Gasteiger partial charge in [-0.05, 0) is 24.1 Å². The summed E-state index contributed by atoms with van der Waals surface area (Å²) in [6.07, 6.45) is 4.19. The largest absolute Gasteiger partial charge is 0.378 e. The van der Waals surface area contributed by atoms with Crippen LogP contribution in [0.25, 0.3) is 11.2 Å². The maximum atomic E-state index is 5.40. The van der Waals surface area contributed by atoms with Crippen molar-refractivity contribution in [3.63, 3.8) is 0 Å². The summed E-state index contributed by atoms with van der Waals surface area (Å²) in [6, 6.07) is 14.3. The number of hydrogen-bond acceptors (Lipinski definition) is 8. The van der Waals surface area contributed by atoms with E-state index in [1.54, 1.807) is 6.20 Å². The van der Waals surface area contributed by atoms with Crippen molar-refractivity contribution in [1.29, 1.82) is 0 Å². The molecular formula is C21H22N8O. The van der Waals surface area contributed by atoms with Crippen LogP contribution in [0.2, 0.25) is 0 Å². The van der Waals surface area contributed by atoms with Gasteiger partial charge in [0.15, 0.2) is 17.0 Å². The van der Waals surface area contributed by atoms with Crippen LogP contribution < -0.4 is 10.2 Å². The van der Waals surface area contributed by atoms with Crippen LogP contribution in [0.1, 0.15) is 5.56 Å². The molecule has 0 saturated carbocycles. The number of hydrogen-bond donors (Lipinski definition) is 1. The van der Waals surface area contributed by atoms with Crippen LogP contribution in [-0.2, 0) is 17.7 Å². The zero-order chi connectivity index (χ0) is 20.2. The second-order valence-corrected chi connectivity index (χ2v) is 7.07. The molecule has 4 aromatic rings. The highest BCUT2D eigenvalue weighted by atomic mass is 16.5. The molecule has 9 heteroatoms. The molecule has 30 heavy (non-hydrogen) atoms. The number of anilines is 3. The molecule has 1 aliphatic rings. The zero-order valence-electron chi connectivity index (χ0n) is 16.5. The molecule has 0 unspecified atom stereocenters. The second kappa shape index (κ2) is 8.42. The van der Waals surface area contributed by atoms with Crippen LogP contribution >= 0.6 is 0 Å². The molecule has 0 atom stereocenters. The minimum Gasteiger partial charge on any atom is -0.378 e. The third-order valence-electron chi connectivity index (χ3n) is 5.10. The van der Waals surface area contributed by atoms with Gasteiger partial charge in [-0.15, -0.1) is 5.10 Å². The minimum absolute atomic E-state index is 0.617. The molecule has 3 aromatic heterocycles. The second-order valence-electron chi connectivity index (χ2n) is 7.07. The van der Waals surface area contributed by atoms with E-state index in [4.69, 9.17) is 4.74 Å². The Balaban J connectivity index is 1.31. The first-order chi connectivity index (χ1) is 14.9. The summed E-state index contributed by atoms with van der Waals surface area (Å²) in [7, 11) is 0. The Morgan fingerprint density at radius 3 is 2.63 bits per heavy atom. The Labute approximate surface area is 173 Å². The number of nitrogens with one attached hydrogen (secondary N) is 1. The zero-order valence-corrected chi connectivity index (χ0v) is 16.5. The molecule has 1 fully saturated rings. The summed E-state index contributed by atoms with van der Waals surface area (Å²) >= 11 is 0. The summed E-state index contributed by atoms with van der Waals surface area (Å²) in [5, 5.41) is 11.9. The molecule has 4 heterocycles. The first kappa shape index (κ1) is 18.4. The topological polar surface area (TPSA) is 93.9 Å². The normalized spacial score (nSPS) is 14.2. The van der Waals surface area contributed by atoms with E-state index in [0.29, 0.717) is 23.5 Å². The number of fused-ring (bicyclic) bond motifs is 1. The molecule has 1 saturated heterocycles. The summed E-state index contributed by atoms with van der Waals surface area (Å²) in [4.78, 5) is 15.5. The number of aromatic nitrogens is 6. The van der Waals surface area contributed by atoms with Gasteiger partial charge in [-0.3, -0.25) is 0 Å². The third-order valence-corrected chi connectivity index (χ3v) is 5.10. The van der Waals surface area contributed by atoms with E-state index >= 15 is 0 Å². The van der Waals surface area contributed by atoms with Gasteiger partial charge in [0.1, 0.15) is 12.1 Å². The number of pyridine rings is 1. The van der Waals surface area contributed by atoms with Crippen LogP contribution in [-0.4, -0.2) is 56.2 Å². The lowest BCUT2D eigenvalue weighted by Gasteiger charge is -2.27.